The summed E-state index contributed by atoms with van der Waals surface area (Å²) in [7, 11) is 0. The Hall–Kier alpha value is -2.37. The predicted molar refractivity (Wildman–Crippen MR) is 61.7 cm³/mol. The molecule has 0 atom stereocenters. The number of carbonyl (C=O) groups is 1. The number of pyridine rings is 1. The van der Waals surface area contributed by atoms with Crippen molar-refractivity contribution in [1.82, 2.24) is 10.3 Å². The molecule has 0 aliphatic carbocycles. The molecule has 1 N–H and O–H groups in total. The zero-order valence-electron chi connectivity index (χ0n) is 9.66. The molecule has 6 heteroatoms. The van der Waals surface area contributed by atoms with Crippen LogP contribution in [0.4, 0.5) is 13.2 Å². The minimum atomic E-state index is -0.701. The van der Waals surface area contributed by atoms with Crippen LogP contribution in [0.2, 0.25) is 0 Å². The number of amides is 1. The van der Waals surface area contributed by atoms with Crippen molar-refractivity contribution in [1.29, 1.82) is 0 Å². The van der Waals surface area contributed by atoms with E-state index in [4.69, 9.17) is 0 Å². The molecule has 98 valence electrons. The maximum Gasteiger partial charge on any atom is 0.253 e. The van der Waals surface area contributed by atoms with Crippen molar-refractivity contribution in [3.63, 3.8) is 0 Å². The average Bonchev–Trinajstić information content (AvgIpc) is 2.40. The molecule has 2 rings (SSSR count). The van der Waals surface area contributed by atoms with Crippen LogP contribution in [-0.2, 0) is 6.54 Å². The van der Waals surface area contributed by atoms with Gasteiger partial charge in [-0.15, -0.1) is 0 Å². The summed E-state index contributed by atoms with van der Waals surface area (Å²) in [5.41, 5.74) is 0.168. The lowest BCUT2D eigenvalue weighted by atomic mass is 10.2. The molecule has 2 aromatic rings. The minimum Gasteiger partial charge on any atom is -0.348 e. The lowest BCUT2D eigenvalue weighted by Gasteiger charge is -2.06. The van der Waals surface area contributed by atoms with E-state index in [9.17, 15) is 18.0 Å². The van der Waals surface area contributed by atoms with Gasteiger partial charge in [-0.3, -0.25) is 4.79 Å². The smallest absolute Gasteiger partial charge is 0.253 e. The van der Waals surface area contributed by atoms with Crippen LogP contribution in [0, 0.1) is 17.6 Å². The second kappa shape index (κ2) is 5.51. The fourth-order valence-electron chi connectivity index (χ4n) is 1.47. The molecule has 0 radical (unpaired) electrons. The van der Waals surface area contributed by atoms with E-state index in [0.717, 1.165) is 30.5 Å². The van der Waals surface area contributed by atoms with Gasteiger partial charge in [0.05, 0.1) is 5.56 Å². The van der Waals surface area contributed by atoms with E-state index < -0.39 is 23.5 Å². The third-order valence-corrected chi connectivity index (χ3v) is 2.44. The van der Waals surface area contributed by atoms with E-state index >= 15 is 0 Å². The summed E-state index contributed by atoms with van der Waals surface area (Å²) in [6.07, 6.45) is 1.06. The third kappa shape index (κ3) is 3.31. The summed E-state index contributed by atoms with van der Waals surface area (Å²) in [4.78, 5) is 15.0. The number of nitrogens with zero attached hydrogens (tertiary/aromatic N) is 1. The maximum atomic E-state index is 13.3. The molecule has 0 saturated heterocycles. The first-order valence-corrected chi connectivity index (χ1v) is 5.40. The zero-order chi connectivity index (χ0) is 13.8. The summed E-state index contributed by atoms with van der Waals surface area (Å²) in [5.74, 6) is -2.45. The molecule has 0 aliphatic heterocycles. The number of benzene rings is 1. The van der Waals surface area contributed by atoms with Crippen LogP contribution in [-0.4, -0.2) is 10.9 Å². The van der Waals surface area contributed by atoms with E-state index in [2.05, 4.69) is 10.3 Å². The van der Waals surface area contributed by atoms with Crippen LogP contribution in [0.5, 0.6) is 0 Å². The Labute approximate surface area is 107 Å². The van der Waals surface area contributed by atoms with Gasteiger partial charge in [0.25, 0.3) is 5.91 Å². The first kappa shape index (κ1) is 13.1. The third-order valence-electron chi connectivity index (χ3n) is 2.44. The highest BCUT2D eigenvalue weighted by molar-refractivity contribution is 5.93. The Kier molecular flexibility index (Phi) is 3.79. The monoisotopic (exact) mass is 266 g/mol. The molecule has 1 amide bonds. The number of nitrogens with one attached hydrogen (secondary N) is 1. The van der Waals surface area contributed by atoms with Crippen molar-refractivity contribution >= 4 is 5.91 Å². The topological polar surface area (TPSA) is 42.0 Å². The van der Waals surface area contributed by atoms with Crippen LogP contribution in [0.3, 0.4) is 0 Å². The van der Waals surface area contributed by atoms with Crippen molar-refractivity contribution < 1.29 is 18.0 Å². The molecule has 0 aliphatic rings. The number of rotatable bonds is 3. The normalized spacial score (nSPS) is 10.3. The van der Waals surface area contributed by atoms with Gasteiger partial charge in [-0.25, -0.2) is 13.8 Å². The lowest BCUT2D eigenvalue weighted by Crippen LogP contribution is -2.23. The first-order valence-electron chi connectivity index (χ1n) is 5.40. The number of hydrogen-bond donors (Lipinski definition) is 1. The van der Waals surface area contributed by atoms with Crippen LogP contribution in [0.15, 0.2) is 36.5 Å². The van der Waals surface area contributed by atoms with Gasteiger partial charge in [-0.1, -0.05) is 0 Å². The molecule has 0 fully saturated rings. The molecular formula is C13H9F3N2O. The quantitative estimate of drug-likeness (QED) is 0.867. The van der Waals surface area contributed by atoms with Crippen molar-refractivity contribution in [3.05, 3.63) is 65.2 Å². The first-order chi connectivity index (χ1) is 9.06. The summed E-state index contributed by atoms with van der Waals surface area (Å²) in [5, 5.41) is 2.39. The molecule has 19 heavy (non-hydrogen) atoms. The number of hydrogen-bond acceptors (Lipinski definition) is 2. The van der Waals surface area contributed by atoms with Gasteiger partial charge in [0.2, 0.25) is 5.95 Å². The lowest BCUT2D eigenvalue weighted by molar-refractivity contribution is 0.0950. The van der Waals surface area contributed by atoms with Crippen molar-refractivity contribution in [2.24, 2.45) is 0 Å². The van der Waals surface area contributed by atoms with Crippen molar-refractivity contribution in [3.8, 4) is 0 Å². The van der Waals surface area contributed by atoms with Crippen molar-refractivity contribution in [2.45, 2.75) is 6.54 Å². The van der Waals surface area contributed by atoms with E-state index in [-0.39, 0.29) is 17.7 Å². The molecule has 0 saturated carbocycles. The largest absolute Gasteiger partial charge is 0.348 e. The molecule has 0 spiro atoms. The van der Waals surface area contributed by atoms with Crippen LogP contribution in [0.1, 0.15) is 15.9 Å². The van der Waals surface area contributed by atoms with E-state index in [0.29, 0.717) is 0 Å². The van der Waals surface area contributed by atoms with Crippen LogP contribution < -0.4 is 5.32 Å². The van der Waals surface area contributed by atoms with E-state index in [1.54, 1.807) is 0 Å². The van der Waals surface area contributed by atoms with Gasteiger partial charge in [0.1, 0.15) is 11.6 Å². The fraction of sp³-hybridized carbons (Fsp3) is 0.0769. The zero-order valence-corrected chi connectivity index (χ0v) is 9.66. The molecule has 3 nitrogen and oxygen atoms in total. The Morgan fingerprint density at radius 3 is 2.63 bits per heavy atom. The van der Waals surface area contributed by atoms with E-state index in [1.165, 1.54) is 6.07 Å². The van der Waals surface area contributed by atoms with Gasteiger partial charge in [0, 0.05) is 18.3 Å². The van der Waals surface area contributed by atoms with Gasteiger partial charge in [-0.2, -0.15) is 4.39 Å². The van der Waals surface area contributed by atoms with Gasteiger partial charge in [0.15, 0.2) is 0 Å². The SMILES string of the molecule is O=C(NCc1cc(F)ccc1F)c1ccc(F)nc1. The van der Waals surface area contributed by atoms with Gasteiger partial charge >= 0.3 is 0 Å². The molecule has 1 aromatic carbocycles. The van der Waals surface area contributed by atoms with Crippen LogP contribution in [0.25, 0.3) is 0 Å². The maximum absolute atomic E-state index is 13.3. The molecule has 1 aromatic heterocycles. The standard InChI is InChI=1S/C13H9F3N2O/c14-10-2-3-11(15)9(5-10)7-18-13(19)8-1-4-12(16)17-6-8/h1-6H,7H2,(H,18,19). The summed E-state index contributed by atoms with van der Waals surface area (Å²) in [6, 6.07) is 5.26. The highest BCUT2D eigenvalue weighted by atomic mass is 19.1. The Morgan fingerprint density at radius 2 is 1.95 bits per heavy atom. The van der Waals surface area contributed by atoms with Gasteiger partial charge in [-0.05, 0) is 30.3 Å². The Morgan fingerprint density at radius 1 is 1.16 bits per heavy atom. The summed E-state index contributed by atoms with van der Waals surface area (Å²) < 4.78 is 38.8. The minimum absolute atomic E-state index is 0.0309. The summed E-state index contributed by atoms with van der Waals surface area (Å²) >= 11 is 0. The van der Waals surface area contributed by atoms with Gasteiger partial charge < -0.3 is 5.32 Å². The molecule has 0 bridgehead atoms. The predicted octanol–water partition coefficient (Wildman–Crippen LogP) is 2.43. The van der Waals surface area contributed by atoms with Crippen LogP contribution >= 0.6 is 0 Å². The summed E-state index contributed by atoms with van der Waals surface area (Å²) in [6.45, 7) is -0.167. The number of carbonyl (C=O) groups excluding carboxylic acids is 1. The molecule has 0 unspecified atom stereocenters. The van der Waals surface area contributed by atoms with E-state index in [1.807, 2.05) is 0 Å². The number of aromatic nitrogens is 1. The molecule has 1 heterocycles. The Bertz CT molecular complexity index is 599. The average molecular weight is 266 g/mol. The highest BCUT2D eigenvalue weighted by Gasteiger charge is 2.08. The Balaban J connectivity index is 2.04. The second-order valence-corrected chi connectivity index (χ2v) is 3.79. The second-order valence-electron chi connectivity index (χ2n) is 3.79. The number of halogens is 3. The highest BCUT2D eigenvalue weighted by Crippen LogP contribution is 2.09. The van der Waals surface area contributed by atoms with Crippen molar-refractivity contribution in [2.75, 3.05) is 0 Å². The fourth-order valence-corrected chi connectivity index (χ4v) is 1.47. The molecular weight excluding hydrogens is 257 g/mol.